The Morgan fingerprint density at radius 3 is 2.23 bits per heavy atom. The first-order valence-electron chi connectivity index (χ1n) is 8.46. The largest absolute Gasteiger partial charge is 0.465 e. The topological polar surface area (TPSA) is 69.7 Å². The summed E-state index contributed by atoms with van der Waals surface area (Å²) in [5.41, 5.74) is 0. The fraction of sp³-hybridized carbons (Fsp3) is 0.824. The number of unbranched alkanes of at least 4 members (excludes halogenated alkanes) is 2. The SMILES string of the molecule is CCOC(=O)C(CCCCCC1CCCC1=O)C(=O)OCC. The number of carbonyl (C=O) groups excluding carboxylic acids is 3. The predicted molar refractivity (Wildman–Crippen MR) is 82.2 cm³/mol. The van der Waals surface area contributed by atoms with E-state index in [1.165, 1.54) is 0 Å². The molecular weight excluding hydrogens is 284 g/mol. The molecule has 1 aliphatic carbocycles. The first kappa shape index (κ1) is 18.7. The Kier molecular flexibility index (Phi) is 8.78. The third-order valence-electron chi connectivity index (χ3n) is 4.12. The van der Waals surface area contributed by atoms with Crippen molar-refractivity contribution in [3.8, 4) is 0 Å². The van der Waals surface area contributed by atoms with Crippen molar-refractivity contribution in [1.82, 2.24) is 0 Å². The van der Waals surface area contributed by atoms with Gasteiger partial charge in [-0.05, 0) is 39.5 Å². The zero-order valence-electron chi connectivity index (χ0n) is 13.8. The van der Waals surface area contributed by atoms with Crippen LogP contribution in [0.4, 0.5) is 0 Å². The third kappa shape index (κ3) is 6.16. The van der Waals surface area contributed by atoms with E-state index in [1.54, 1.807) is 13.8 Å². The molecule has 0 heterocycles. The molecule has 1 atom stereocenters. The fourth-order valence-corrected chi connectivity index (χ4v) is 2.93. The van der Waals surface area contributed by atoms with Gasteiger partial charge >= 0.3 is 11.9 Å². The molecule has 1 rings (SSSR count). The Bertz CT molecular complexity index is 359. The normalized spacial score (nSPS) is 17.8. The van der Waals surface area contributed by atoms with Gasteiger partial charge in [0.15, 0.2) is 5.92 Å². The van der Waals surface area contributed by atoms with Crippen LogP contribution in [0.25, 0.3) is 0 Å². The van der Waals surface area contributed by atoms with Crippen molar-refractivity contribution in [1.29, 1.82) is 0 Å². The maximum Gasteiger partial charge on any atom is 0.320 e. The van der Waals surface area contributed by atoms with Gasteiger partial charge in [0.25, 0.3) is 0 Å². The lowest BCUT2D eigenvalue weighted by Gasteiger charge is -2.14. The molecule has 0 aromatic heterocycles. The maximum absolute atomic E-state index is 11.8. The van der Waals surface area contributed by atoms with Gasteiger partial charge in [-0.15, -0.1) is 0 Å². The molecule has 126 valence electrons. The molecule has 0 aliphatic heterocycles. The molecule has 0 aromatic rings. The molecule has 1 fully saturated rings. The summed E-state index contributed by atoms with van der Waals surface area (Å²) in [5.74, 6) is -1.16. The van der Waals surface area contributed by atoms with Crippen molar-refractivity contribution in [2.75, 3.05) is 13.2 Å². The minimum atomic E-state index is -0.812. The van der Waals surface area contributed by atoms with Crippen LogP contribution in [0.2, 0.25) is 0 Å². The Morgan fingerprint density at radius 1 is 1.09 bits per heavy atom. The van der Waals surface area contributed by atoms with E-state index in [9.17, 15) is 14.4 Å². The molecule has 1 aliphatic rings. The van der Waals surface area contributed by atoms with Crippen LogP contribution in [0.5, 0.6) is 0 Å². The minimum absolute atomic E-state index is 0.242. The number of carbonyl (C=O) groups is 3. The van der Waals surface area contributed by atoms with Gasteiger partial charge in [0, 0.05) is 12.3 Å². The van der Waals surface area contributed by atoms with Gasteiger partial charge in [-0.25, -0.2) is 0 Å². The standard InChI is InChI=1S/C17H28O5/c1-3-21-16(19)14(17(20)22-4-2)11-7-5-6-9-13-10-8-12-15(13)18/h13-14H,3-12H2,1-2H3. The van der Waals surface area contributed by atoms with E-state index in [0.717, 1.165) is 44.9 Å². The van der Waals surface area contributed by atoms with Gasteiger partial charge in [-0.2, -0.15) is 0 Å². The molecule has 22 heavy (non-hydrogen) atoms. The molecule has 0 N–H and O–H groups in total. The first-order chi connectivity index (χ1) is 10.6. The molecular formula is C17H28O5. The van der Waals surface area contributed by atoms with Crippen molar-refractivity contribution in [2.45, 2.75) is 65.2 Å². The second kappa shape index (κ2) is 10.4. The van der Waals surface area contributed by atoms with E-state index in [1.807, 2.05) is 0 Å². The summed E-state index contributed by atoms with van der Waals surface area (Å²) in [5, 5.41) is 0. The van der Waals surface area contributed by atoms with E-state index in [0.29, 0.717) is 12.2 Å². The van der Waals surface area contributed by atoms with E-state index >= 15 is 0 Å². The summed E-state index contributed by atoms with van der Waals surface area (Å²) in [6, 6.07) is 0. The van der Waals surface area contributed by atoms with Gasteiger partial charge < -0.3 is 9.47 Å². The van der Waals surface area contributed by atoms with Gasteiger partial charge in [0.1, 0.15) is 5.78 Å². The van der Waals surface area contributed by atoms with E-state index in [4.69, 9.17) is 9.47 Å². The number of ether oxygens (including phenoxy) is 2. The summed E-state index contributed by atoms with van der Waals surface area (Å²) >= 11 is 0. The molecule has 1 saturated carbocycles. The van der Waals surface area contributed by atoms with Crippen molar-refractivity contribution >= 4 is 17.7 Å². The van der Waals surface area contributed by atoms with Gasteiger partial charge in [0.2, 0.25) is 0 Å². The summed E-state index contributed by atoms with van der Waals surface area (Å²) in [6.45, 7) is 3.97. The number of rotatable bonds is 10. The predicted octanol–water partition coefficient (Wildman–Crippen LogP) is 3.05. The van der Waals surface area contributed by atoms with Crippen LogP contribution in [0.1, 0.15) is 65.2 Å². The molecule has 0 radical (unpaired) electrons. The van der Waals surface area contributed by atoms with Crippen LogP contribution >= 0.6 is 0 Å². The third-order valence-corrected chi connectivity index (χ3v) is 4.12. The minimum Gasteiger partial charge on any atom is -0.465 e. The molecule has 0 spiro atoms. The molecule has 0 bridgehead atoms. The van der Waals surface area contributed by atoms with Crippen molar-refractivity contribution in [2.24, 2.45) is 11.8 Å². The number of hydrogen-bond donors (Lipinski definition) is 0. The van der Waals surface area contributed by atoms with Crippen molar-refractivity contribution in [3.05, 3.63) is 0 Å². The van der Waals surface area contributed by atoms with Crippen LogP contribution in [-0.2, 0) is 23.9 Å². The Morgan fingerprint density at radius 2 is 1.73 bits per heavy atom. The lowest BCUT2D eigenvalue weighted by molar-refractivity contribution is -0.162. The maximum atomic E-state index is 11.8. The number of hydrogen-bond acceptors (Lipinski definition) is 5. The smallest absolute Gasteiger partial charge is 0.320 e. The first-order valence-corrected chi connectivity index (χ1v) is 8.46. The summed E-state index contributed by atoms with van der Waals surface area (Å²) in [6.07, 6.45) is 6.82. The lowest BCUT2D eigenvalue weighted by Crippen LogP contribution is -2.28. The lowest BCUT2D eigenvalue weighted by atomic mass is 9.96. The monoisotopic (exact) mass is 312 g/mol. The van der Waals surface area contributed by atoms with Crippen LogP contribution in [0.15, 0.2) is 0 Å². The Labute approximate surface area is 132 Å². The van der Waals surface area contributed by atoms with E-state index < -0.39 is 17.9 Å². The molecule has 5 heteroatoms. The molecule has 0 amide bonds. The summed E-state index contributed by atoms with van der Waals surface area (Å²) in [7, 11) is 0. The van der Waals surface area contributed by atoms with Gasteiger partial charge in [0.05, 0.1) is 13.2 Å². The zero-order chi connectivity index (χ0) is 16.4. The van der Waals surface area contributed by atoms with Crippen LogP contribution in [0, 0.1) is 11.8 Å². The Balaban J connectivity index is 2.28. The zero-order valence-corrected chi connectivity index (χ0v) is 13.8. The highest BCUT2D eigenvalue weighted by molar-refractivity contribution is 5.94. The Hall–Kier alpha value is -1.39. The number of ketones is 1. The van der Waals surface area contributed by atoms with Crippen LogP contribution in [-0.4, -0.2) is 30.9 Å². The van der Waals surface area contributed by atoms with E-state index in [-0.39, 0.29) is 19.1 Å². The molecule has 0 saturated heterocycles. The highest BCUT2D eigenvalue weighted by Gasteiger charge is 2.29. The van der Waals surface area contributed by atoms with Crippen molar-refractivity contribution < 1.29 is 23.9 Å². The van der Waals surface area contributed by atoms with E-state index in [2.05, 4.69) is 0 Å². The average Bonchev–Trinajstić information content (AvgIpc) is 2.88. The van der Waals surface area contributed by atoms with Crippen LogP contribution < -0.4 is 0 Å². The summed E-state index contributed by atoms with van der Waals surface area (Å²) < 4.78 is 9.88. The number of Topliss-reactive ketones (excluding diaryl/α,β-unsaturated/α-hetero) is 1. The van der Waals surface area contributed by atoms with Crippen molar-refractivity contribution in [3.63, 3.8) is 0 Å². The second-order valence-electron chi connectivity index (χ2n) is 5.75. The number of esters is 2. The molecule has 1 unspecified atom stereocenters. The second-order valence-corrected chi connectivity index (χ2v) is 5.75. The summed E-state index contributed by atoms with van der Waals surface area (Å²) in [4.78, 5) is 35.2. The van der Waals surface area contributed by atoms with Gasteiger partial charge in [-0.3, -0.25) is 14.4 Å². The average molecular weight is 312 g/mol. The fourth-order valence-electron chi connectivity index (χ4n) is 2.93. The highest BCUT2D eigenvalue weighted by Crippen LogP contribution is 2.26. The molecule has 0 aromatic carbocycles. The van der Waals surface area contributed by atoms with Gasteiger partial charge in [-0.1, -0.05) is 19.3 Å². The quantitative estimate of drug-likeness (QED) is 0.352. The highest BCUT2D eigenvalue weighted by atomic mass is 16.6. The molecule has 5 nitrogen and oxygen atoms in total. The van der Waals surface area contributed by atoms with Crippen LogP contribution in [0.3, 0.4) is 0 Å².